The number of benzene rings is 1. The average molecular weight is 281 g/mol. The number of halogens is 1. The van der Waals surface area contributed by atoms with Crippen LogP contribution in [0.1, 0.15) is 30.6 Å². The van der Waals surface area contributed by atoms with Crippen molar-refractivity contribution in [3.8, 4) is 5.75 Å². The molecule has 0 aliphatic rings. The van der Waals surface area contributed by atoms with Gasteiger partial charge in [-0.15, -0.1) is 0 Å². The van der Waals surface area contributed by atoms with Crippen molar-refractivity contribution >= 4 is 11.7 Å². The second-order valence-electron chi connectivity index (χ2n) is 4.11. The summed E-state index contributed by atoms with van der Waals surface area (Å²) in [5.41, 5.74) is 1.63. The van der Waals surface area contributed by atoms with Crippen LogP contribution in [0, 0.1) is 5.82 Å². The van der Waals surface area contributed by atoms with Crippen LogP contribution in [0.5, 0.6) is 5.75 Å². The van der Waals surface area contributed by atoms with E-state index in [-0.39, 0.29) is 17.6 Å². The summed E-state index contributed by atoms with van der Waals surface area (Å²) in [5, 5.41) is 3.35. The lowest BCUT2D eigenvalue weighted by molar-refractivity contribution is 0.385. The lowest BCUT2D eigenvalue weighted by Crippen LogP contribution is -2.23. The average Bonchev–Trinajstić information content (AvgIpc) is 2.93. The molecule has 1 heterocycles. The quantitative estimate of drug-likeness (QED) is 0.884. The van der Waals surface area contributed by atoms with Crippen LogP contribution in [-0.4, -0.2) is 22.4 Å². The zero-order valence-electron chi connectivity index (χ0n) is 10.9. The van der Waals surface area contributed by atoms with Crippen molar-refractivity contribution in [2.24, 2.45) is 0 Å². The maximum atomic E-state index is 13.8. The predicted octanol–water partition coefficient (Wildman–Crippen LogP) is 2.77. The van der Waals surface area contributed by atoms with Crippen LogP contribution >= 0.6 is 11.7 Å². The van der Waals surface area contributed by atoms with Crippen molar-refractivity contribution in [3.63, 3.8) is 0 Å². The van der Waals surface area contributed by atoms with Crippen LogP contribution in [-0.2, 0) is 0 Å². The number of hydrogen-bond donors (Lipinski definition) is 1. The Bertz CT molecular complexity index is 519. The summed E-state index contributed by atoms with van der Waals surface area (Å²) in [7, 11) is 1.45. The van der Waals surface area contributed by atoms with Crippen LogP contribution in [0.2, 0.25) is 0 Å². The summed E-state index contributed by atoms with van der Waals surface area (Å²) in [5.74, 6) is -0.124. The van der Waals surface area contributed by atoms with Gasteiger partial charge in [0.1, 0.15) is 0 Å². The molecular weight excluding hydrogens is 265 g/mol. The molecule has 1 N–H and O–H groups in total. The molecule has 0 amide bonds. The Morgan fingerprint density at radius 1 is 1.47 bits per heavy atom. The SMILES string of the molecule is CCCNC(c1ccc(OC)c(F)c1)c1cnsn1. The Labute approximate surface area is 116 Å². The smallest absolute Gasteiger partial charge is 0.165 e. The summed E-state index contributed by atoms with van der Waals surface area (Å²) in [4.78, 5) is 0. The van der Waals surface area contributed by atoms with Gasteiger partial charge in [-0.2, -0.15) is 8.75 Å². The molecule has 0 radical (unpaired) electrons. The highest BCUT2D eigenvalue weighted by Gasteiger charge is 2.17. The fraction of sp³-hybridized carbons (Fsp3) is 0.385. The van der Waals surface area contributed by atoms with Gasteiger partial charge >= 0.3 is 0 Å². The summed E-state index contributed by atoms with van der Waals surface area (Å²) in [6.07, 6.45) is 2.70. The van der Waals surface area contributed by atoms with E-state index in [1.807, 2.05) is 6.07 Å². The van der Waals surface area contributed by atoms with E-state index in [2.05, 4.69) is 21.0 Å². The summed E-state index contributed by atoms with van der Waals surface area (Å²) in [6, 6.07) is 4.81. The van der Waals surface area contributed by atoms with E-state index >= 15 is 0 Å². The Balaban J connectivity index is 2.30. The first-order chi connectivity index (χ1) is 9.26. The van der Waals surface area contributed by atoms with Gasteiger partial charge in [-0.1, -0.05) is 13.0 Å². The Hall–Kier alpha value is -1.53. The van der Waals surface area contributed by atoms with Gasteiger partial charge in [0.25, 0.3) is 0 Å². The Morgan fingerprint density at radius 3 is 2.89 bits per heavy atom. The van der Waals surface area contributed by atoms with Crippen molar-refractivity contribution < 1.29 is 9.13 Å². The minimum Gasteiger partial charge on any atom is -0.494 e. The molecule has 1 atom stereocenters. The van der Waals surface area contributed by atoms with Gasteiger partial charge in [-0.25, -0.2) is 4.39 Å². The van der Waals surface area contributed by atoms with Gasteiger partial charge in [-0.05, 0) is 30.7 Å². The molecule has 1 aromatic heterocycles. The van der Waals surface area contributed by atoms with Crippen LogP contribution in [0.15, 0.2) is 24.4 Å². The minimum absolute atomic E-state index is 0.140. The standard InChI is InChI=1S/C13H16FN3OS/c1-3-6-15-13(11-8-16-19-17-11)9-4-5-12(18-2)10(14)7-9/h4-5,7-8,13,15H,3,6H2,1-2H3. The molecule has 1 unspecified atom stereocenters. The highest BCUT2D eigenvalue weighted by Crippen LogP contribution is 2.25. The molecule has 102 valence electrons. The molecule has 0 aliphatic heterocycles. The first-order valence-corrected chi connectivity index (χ1v) is 6.83. The van der Waals surface area contributed by atoms with Crippen molar-refractivity contribution in [3.05, 3.63) is 41.5 Å². The molecule has 0 saturated carbocycles. The molecule has 0 bridgehead atoms. The van der Waals surface area contributed by atoms with Gasteiger partial charge in [0.15, 0.2) is 11.6 Å². The third kappa shape index (κ3) is 3.27. The molecule has 2 aromatic rings. The zero-order valence-corrected chi connectivity index (χ0v) is 11.7. The van der Waals surface area contributed by atoms with E-state index in [4.69, 9.17) is 4.74 Å². The van der Waals surface area contributed by atoms with Crippen molar-refractivity contribution in [1.29, 1.82) is 0 Å². The lowest BCUT2D eigenvalue weighted by atomic mass is 10.0. The molecule has 1 aromatic carbocycles. The molecule has 0 spiro atoms. The fourth-order valence-electron chi connectivity index (χ4n) is 1.84. The largest absolute Gasteiger partial charge is 0.494 e. The van der Waals surface area contributed by atoms with Gasteiger partial charge < -0.3 is 10.1 Å². The maximum absolute atomic E-state index is 13.8. The highest BCUT2D eigenvalue weighted by atomic mass is 32.1. The van der Waals surface area contributed by atoms with E-state index < -0.39 is 0 Å². The second kappa shape index (κ2) is 6.58. The first kappa shape index (κ1) is 13.9. The van der Waals surface area contributed by atoms with Crippen molar-refractivity contribution in [2.45, 2.75) is 19.4 Å². The Kier molecular flexibility index (Phi) is 4.81. The molecular formula is C13H16FN3OS. The van der Waals surface area contributed by atoms with E-state index in [0.29, 0.717) is 0 Å². The van der Waals surface area contributed by atoms with Gasteiger partial charge in [-0.3, -0.25) is 0 Å². The fourth-order valence-corrected chi connectivity index (χ4v) is 2.29. The monoisotopic (exact) mass is 281 g/mol. The summed E-state index contributed by atoms with van der Waals surface area (Å²) >= 11 is 1.15. The Morgan fingerprint density at radius 2 is 2.32 bits per heavy atom. The first-order valence-electron chi connectivity index (χ1n) is 6.10. The normalized spacial score (nSPS) is 12.4. The molecule has 6 heteroatoms. The van der Waals surface area contributed by atoms with Crippen molar-refractivity contribution in [2.75, 3.05) is 13.7 Å². The number of aromatic nitrogens is 2. The van der Waals surface area contributed by atoms with E-state index in [9.17, 15) is 4.39 Å². The number of hydrogen-bond acceptors (Lipinski definition) is 5. The zero-order chi connectivity index (χ0) is 13.7. The molecule has 0 aliphatic carbocycles. The minimum atomic E-state index is -0.369. The topological polar surface area (TPSA) is 47.0 Å². The van der Waals surface area contributed by atoms with E-state index in [1.165, 1.54) is 13.2 Å². The summed E-state index contributed by atoms with van der Waals surface area (Å²) in [6.45, 7) is 2.91. The van der Waals surface area contributed by atoms with Gasteiger partial charge in [0, 0.05) is 0 Å². The molecule has 0 fully saturated rings. The number of rotatable bonds is 6. The summed E-state index contributed by atoms with van der Waals surface area (Å²) < 4.78 is 27.0. The van der Waals surface area contributed by atoms with Crippen LogP contribution in [0.4, 0.5) is 4.39 Å². The van der Waals surface area contributed by atoms with Crippen LogP contribution in [0.25, 0.3) is 0 Å². The second-order valence-corrected chi connectivity index (χ2v) is 4.67. The molecule has 0 saturated heterocycles. The highest BCUT2D eigenvalue weighted by molar-refractivity contribution is 6.99. The molecule has 4 nitrogen and oxygen atoms in total. The number of ether oxygens (including phenoxy) is 1. The molecule has 19 heavy (non-hydrogen) atoms. The van der Waals surface area contributed by atoms with Gasteiger partial charge in [0.2, 0.25) is 0 Å². The lowest BCUT2D eigenvalue weighted by Gasteiger charge is -2.17. The number of nitrogens with zero attached hydrogens (tertiary/aromatic N) is 2. The third-order valence-electron chi connectivity index (χ3n) is 2.78. The molecule has 2 rings (SSSR count). The van der Waals surface area contributed by atoms with Crippen LogP contribution < -0.4 is 10.1 Å². The predicted molar refractivity (Wildman–Crippen MR) is 73.0 cm³/mol. The van der Waals surface area contributed by atoms with Crippen LogP contribution in [0.3, 0.4) is 0 Å². The third-order valence-corrected chi connectivity index (χ3v) is 3.27. The van der Waals surface area contributed by atoms with E-state index in [0.717, 1.165) is 36.0 Å². The maximum Gasteiger partial charge on any atom is 0.165 e. The van der Waals surface area contributed by atoms with E-state index in [1.54, 1.807) is 12.3 Å². The number of methoxy groups -OCH3 is 1. The number of nitrogens with one attached hydrogen (secondary N) is 1. The van der Waals surface area contributed by atoms with Crippen molar-refractivity contribution in [1.82, 2.24) is 14.1 Å². The van der Waals surface area contributed by atoms with Gasteiger partial charge in [0.05, 0.1) is 36.8 Å².